The minimum atomic E-state index is -0.923. The lowest BCUT2D eigenvalue weighted by Crippen LogP contribution is -2.34. The monoisotopic (exact) mass is 525 g/mol. The van der Waals surface area contributed by atoms with Crippen molar-refractivity contribution in [3.63, 3.8) is 0 Å². The summed E-state index contributed by atoms with van der Waals surface area (Å²) in [6.07, 6.45) is 2.68. The Morgan fingerprint density at radius 1 is 1.03 bits per heavy atom. The number of hydrogen-bond acceptors (Lipinski definition) is 3. The molecule has 0 aromatic heterocycles. The Balaban J connectivity index is 1.46. The van der Waals surface area contributed by atoms with Crippen LogP contribution in [0.25, 0.3) is 0 Å². The van der Waals surface area contributed by atoms with Crippen LogP contribution in [0.1, 0.15) is 46.8 Å². The van der Waals surface area contributed by atoms with E-state index in [9.17, 15) is 14.7 Å². The molecule has 188 valence electrons. The van der Waals surface area contributed by atoms with Gasteiger partial charge in [0.1, 0.15) is 11.4 Å². The maximum Gasteiger partial charge on any atom is 0.305 e. The van der Waals surface area contributed by atoms with Crippen LogP contribution >= 0.6 is 23.2 Å². The molecule has 0 saturated heterocycles. The zero-order chi connectivity index (χ0) is 25.7. The van der Waals surface area contributed by atoms with E-state index in [0.29, 0.717) is 35.0 Å². The molecule has 0 unspecified atom stereocenters. The van der Waals surface area contributed by atoms with Gasteiger partial charge in [0.25, 0.3) is 5.91 Å². The summed E-state index contributed by atoms with van der Waals surface area (Å²) in [7, 11) is 0. The molecule has 4 rings (SSSR count). The van der Waals surface area contributed by atoms with Crippen LogP contribution in [0.5, 0.6) is 5.75 Å². The van der Waals surface area contributed by atoms with Gasteiger partial charge in [0.15, 0.2) is 0 Å². The van der Waals surface area contributed by atoms with Gasteiger partial charge in [-0.2, -0.15) is 0 Å². The van der Waals surface area contributed by atoms with Crippen molar-refractivity contribution < 1.29 is 19.4 Å². The quantitative estimate of drug-likeness (QED) is 0.329. The van der Waals surface area contributed by atoms with E-state index in [2.05, 4.69) is 12.1 Å². The highest BCUT2D eigenvalue weighted by atomic mass is 35.5. The number of fused-ring (bicyclic) bond motifs is 1. The van der Waals surface area contributed by atoms with Crippen molar-refractivity contribution >= 4 is 35.1 Å². The van der Waals surface area contributed by atoms with E-state index in [4.69, 9.17) is 27.9 Å². The first-order valence-corrected chi connectivity index (χ1v) is 12.8. The Morgan fingerprint density at radius 3 is 2.56 bits per heavy atom. The number of ether oxygens (including phenoxy) is 1. The fraction of sp³-hybridized carbons (Fsp3) is 0.310. The number of nitrogens with zero attached hydrogens (tertiary/aromatic N) is 1. The molecule has 0 fully saturated rings. The molecule has 5 nitrogen and oxygen atoms in total. The minimum Gasteiger partial charge on any atom is -0.487 e. The highest BCUT2D eigenvalue weighted by Gasteiger charge is 2.36. The second kappa shape index (κ2) is 11.4. The number of carbonyl (C=O) groups is 2. The summed E-state index contributed by atoms with van der Waals surface area (Å²) >= 11 is 12.6. The fourth-order valence-corrected chi connectivity index (χ4v) is 5.07. The van der Waals surface area contributed by atoms with Gasteiger partial charge in [-0.25, -0.2) is 0 Å². The third kappa shape index (κ3) is 6.40. The second-order valence-electron chi connectivity index (χ2n) is 9.47. The molecule has 0 bridgehead atoms. The summed E-state index contributed by atoms with van der Waals surface area (Å²) in [5.74, 6) is -0.347. The third-order valence-corrected chi connectivity index (χ3v) is 7.30. The van der Waals surface area contributed by atoms with E-state index in [1.807, 2.05) is 49.4 Å². The number of carbonyl (C=O) groups excluding carboxylic acids is 1. The fourth-order valence-electron chi connectivity index (χ4n) is 4.69. The van der Waals surface area contributed by atoms with E-state index in [1.54, 1.807) is 17.0 Å². The van der Waals surface area contributed by atoms with Gasteiger partial charge in [-0.1, -0.05) is 65.7 Å². The number of benzene rings is 3. The maximum atomic E-state index is 13.4. The lowest BCUT2D eigenvalue weighted by atomic mass is 9.91. The lowest BCUT2D eigenvalue weighted by Gasteiger charge is -2.24. The maximum absolute atomic E-state index is 13.4. The molecule has 3 aromatic rings. The van der Waals surface area contributed by atoms with Crippen molar-refractivity contribution in [3.05, 3.63) is 99.0 Å². The summed E-state index contributed by atoms with van der Waals surface area (Å²) < 4.78 is 6.28. The van der Waals surface area contributed by atoms with Gasteiger partial charge >= 0.3 is 5.97 Å². The molecule has 0 saturated carbocycles. The summed E-state index contributed by atoms with van der Waals surface area (Å²) in [5, 5.41) is 10.2. The number of aryl methyl sites for hydroxylation is 1. The van der Waals surface area contributed by atoms with Crippen LogP contribution in [0.4, 0.5) is 0 Å². The number of hydrogen-bond donors (Lipinski definition) is 1. The predicted molar refractivity (Wildman–Crippen MR) is 142 cm³/mol. The number of halogens is 2. The van der Waals surface area contributed by atoms with Crippen LogP contribution in [0.3, 0.4) is 0 Å². The van der Waals surface area contributed by atoms with Gasteiger partial charge in [-0.3, -0.25) is 9.59 Å². The highest BCUT2D eigenvalue weighted by molar-refractivity contribution is 6.42. The van der Waals surface area contributed by atoms with Gasteiger partial charge in [-0.05, 0) is 60.7 Å². The van der Waals surface area contributed by atoms with Gasteiger partial charge in [0.05, 0.1) is 16.5 Å². The Bertz CT molecular complexity index is 1250. The van der Waals surface area contributed by atoms with Crippen LogP contribution in [0.2, 0.25) is 10.0 Å². The summed E-state index contributed by atoms with van der Waals surface area (Å²) in [4.78, 5) is 26.2. The van der Waals surface area contributed by atoms with Crippen molar-refractivity contribution in [2.75, 3.05) is 13.1 Å². The van der Waals surface area contributed by atoms with Crippen LogP contribution in [0.15, 0.2) is 66.7 Å². The largest absolute Gasteiger partial charge is 0.487 e. The average molecular weight is 526 g/mol. The molecule has 0 spiro atoms. The van der Waals surface area contributed by atoms with Gasteiger partial charge < -0.3 is 14.7 Å². The van der Waals surface area contributed by atoms with Gasteiger partial charge in [0, 0.05) is 31.5 Å². The molecular formula is C29H29Cl2NO4. The van der Waals surface area contributed by atoms with E-state index in [-0.39, 0.29) is 18.9 Å². The summed E-state index contributed by atoms with van der Waals surface area (Å²) in [6.45, 7) is 2.68. The zero-order valence-electron chi connectivity index (χ0n) is 20.2. The smallest absolute Gasteiger partial charge is 0.305 e. The van der Waals surface area contributed by atoms with Gasteiger partial charge in [0.2, 0.25) is 0 Å². The number of rotatable bonds is 10. The van der Waals surface area contributed by atoms with Crippen molar-refractivity contribution in [2.24, 2.45) is 0 Å². The Hall–Kier alpha value is -3.02. The van der Waals surface area contributed by atoms with Crippen LogP contribution in [-0.2, 0) is 24.1 Å². The molecule has 1 amide bonds. The van der Waals surface area contributed by atoms with E-state index in [1.165, 1.54) is 5.56 Å². The first-order valence-electron chi connectivity index (χ1n) is 12.0. The molecule has 0 radical (unpaired) electrons. The predicted octanol–water partition coefficient (Wildman–Crippen LogP) is 6.48. The van der Waals surface area contributed by atoms with Crippen molar-refractivity contribution in [2.45, 2.75) is 44.6 Å². The average Bonchev–Trinajstić information content (AvgIpc) is 3.19. The van der Waals surface area contributed by atoms with E-state index >= 15 is 0 Å². The number of carboxylic acids is 1. The van der Waals surface area contributed by atoms with Crippen molar-refractivity contribution in [1.82, 2.24) is 4.90 Å². The molecule has 1 heterocycles. The number of aliphatic carboxylic acids is 1. The Morgan fingerprint density at radius 2 is 1.81 bits per heavy atom. The molecule has 1 N–H and O–H groups in total. The number of amides is 1. The SMILES string of the molecule is C[C@]1(Cc2cccc(Cl)c2Cl)Cc2cc(C(=O)N(CCCc3ccccc3)CCC(=O)O)ccc2O1. The summed E-state index contributed by atoms with van der Waals surface area (Å²) in [6, 6.07) is 21.1. The first-order chi connectivity index (χ1) is 17.2. The van der Waals surface area contributed by atoms with Crippen LogP contribution < -0.4 is 4.74 Å². The second-order valence-corrected chi connectivity index (χ2v) is 10.3. The molecule has 36 heavy (non-hydrogen) atoms. The molecular weight excluding hydrogens is 497 g/mol. The molecule has 1 aliphatic heterocycles. The van der Waals surface area contributed by atoms with Crippen molar-refractivity contribution in [3.8, 4) is 5.75 Å². The van der Waals surface area contributed by atoms with E-state index < -0.39 is 11.6 Å². The standard InChI is InChI=1S/C29H29Cl2NO4/c1-29(18-22-10-5-11-24(30)27(22)31)19-23-17-21(12-13-25(23)36-29)28(35)32(16-14-26(33)34)15-6-9-20-7-3-2-4-8-20/h2-5,7-8,10-13,17H,6,9,14-16,18-19H2,1H3,(H,33,34)/t29-/m0/s1. The first kappa shape index (κ1) is 26.1. The topological polar surface area (TPSA) is 66.8 Å². The van der Waals surface area contributed by atoms with Crippen LogP contribution in [0, 0.1) is 0 Å². The molecule has 0 aliphatic carbocycles. The molecule has 1 aliphatic rings. The Labute approximate surface area is 221 Å². The van der Waals surface area contributed by atoms with Crippen molar-refractivity contribution in [1.29, 1.82) is 0 Å². The van der Waals surface area contributed by atoms with Gasteiger partial charge in [-0.15, -0.1) is 0 Å². The molecule has 3 aromatic carbocycles. The third-order valence-electron chi connectivity index (χ3n) is 6.44. The van der Waals surface area contributed by atoms with Crippen LogP contribution in [-0.4, -0.2) is 40.6 Å². The highest BCUT2D eigenvalue weighted by Crippen LogP contribution is 2.39. The lowest BCUT2D eigenvalue weighted by molar-refractivity contribution is -0.137. The number of carboxylic acid groups (broad SMARTS) is 1. The molecule has 7 heteroatoms. The summed E-state index contributed by atoms with van der Waals surface area (Å²) in [5.41, 5.74) is 3.07. The Kier molecular flexibility index (Phi) is 8.22. The minimum absolute atomic E-state index is 0.0937. The molecule has 1 atom stereocenters. The normalized spacial score (nSPS) is 16.3. The van der Waals surface area contributed by atoms with E-state index in [0.717, 1.165) is 29.7 Å². The zero-order valence-corrected chi connectivity index (χ0v) is 21.7.